The Bertz CT molecular complexity index is 15.1. The van der Waals surface area contributed by atoms with Crippen molar-refractivity contribution in [1.82, 2.24) is 0 Å². The van der Waals surface area contributed by atoms with E-state index in [2.05, 4.69) is 22.4 Å². The third-order valence-electron chi connectivity index (χ3n) is 0.171. The highest BCUT2D eigenvalue weighted by molar-refractivity contribution is 7.80. The minimum Gasteiger partial charge on any atom is -0.239 e. The molecule has 32 valence electrons. The van der Waals surface area contributed by atoms with E-state index in [-0.39, 0.29) is 0 Å². The molecule has 3 heteroatoms. The molecule has 0 N–H and O–H groups in total. The highest BCUT2D eigenvalue weighted by Gasteiger charge is 1.64. The van der Waals surface area contributed by atoms with Gasteiger partial charge in [-0.15, -0.1) is 12.6 Å². The molecule has 0 rings (SSSR count). The standard InChI is InChI=1S/C2H6O2S/c1-3-4-2-5/h5H,2H2,1H3. The molecule has 0 aliphatic heterocycles. The first-order valence-electron chi connectivity index (χ1n) is 1.18. The second-order valence-corrected chi connectivity index (χ2v) is 0.672. The van der Waals surface area contributed by atoms with E-state index in [4.69, 9.17) is 0 Å². The number of rotatable bonds is 2. The summed E-state index contributed by atoms with van der Waals surface area (Å²) in [5.74, 6) is 0.316. The molecule has 0 aromatic carbocycles. The van der Waals surface area contributed by atoms with Gasteiger partial charge in [-0.1, -0.05) is 0 Å². The quantitative estimate of drug-likeness (QED) is 0.232. The van der Waals surface area contributed by atoms with Crippen LogP contribution in [0.2, 0.25) is 0 Å². The smallest absolute Gasteiger partial charge is 0.125 e. The SMILES string of the molecule is COOCS. The van der Waals surface area contributed by atoms with Crippen LogP contribution >= 0.6 is 12.6 Å². The molecule has 0 aromatic rings. The lowest BCUT2D eigenvalue weighted by molar-refractivity contribution is -0.254. The number of hydrogen-bond donors (Lipinski definition) is 1. The van der Waals surface area contributed by atoms with Gasteiger partial charge in [-0.05, 0) is 0 Å². The summed E-state index contributed by atoms with van der Waals surface area (Å²) in [5, 5.41) is 0. The van der Waals surface area contributed by atoms with Gasteiger partial charge in [0, 0.05) is 0 Å². The Labute approximate surface area is 36.4 Å². The molecule has 0 radical (unpaired) electrons. The Morgan fingerprint density at radius 3 is 2.40 bits per heavy atom. The van der Waals surface area contributed by atoms with Gasteiger partial charge in [0.15, 0.2) is 0 Å². The van der Waals surface area contributed by atoms with Gasteiger partial charge >= 0.3 is 0 Å². The normalized spacial score (nSPS) is 8.40. The van der Waals surface area contributed by atoms with Crippen LogP contribution in [0.1, 0.15) is 0 Å². The molecule has 0 fully saturated rings. The van der Waals surface area contributed by atoms with Crippen molar-refractivity contribution < 1.29 is 9.78 Å². The molecule has 0 bridgehead atoms. The average Bonchev–Trinajstić information content (AvgIpc) is 1.41. The van der Waals surface area contributed by atoms with E-state index in [0.29, 0.717) is 5.94 Å². The van der Waals surface area contributed by atoms with Crippen LogP contribution in [-0.4, -0.2) is 13.0 Å². The van der Waals surface area contributed by atoms with E-state index in [0.717, 1.165) is 0 Å². The van der Waals surface area contributed by atoms with Crippen LogP contribution < -0.4 is 0 Å². The molecule has 5 heavy (non-hydrogen) atoms. The number of hydrogen-bond acceptors (Lipinski definition) is 3. The first-order chi connectivity index (χ1) is 2.41. The zero-order valence-corrected chi connectivity index (χ0v) is 3.87. The van der Waals surface area contributed by atoms with Crippen molar-refractivity contribution in [2.75, 3.05) is 13.0 Å². The third-order valence-corrected chi connectivity index (χ3v) is 0.276. The highest BCUT2D eigenvalue weighted by atomic mass is 32.1. The van der Waals surface area contributed by atoms with Crippen LogP contribution in [0.4, 0.5) is 0 Å². The van der Waals surface area contributed by atoms with Crippen molar-refractivity contribution in [2.45, 2.75) is 0 Å². The minimum absolute atomic E-state index is 0.316. The Hall–Kier alpha value is 0.270. The van der Waals surface area contributed by atoms with Crippen LogP contribution in [0.3, 0.4) is 0 Å². The fourth-order valence-corrected chi connectivity index (χ4v) is 0.158. The Balaban J connectivity index is 2.19. The van der Waals surface area contributed by atoms with Crippen LogP contribution in [0.25, 0.3) is 0 Å². The lowest BCUT2D eigenvalue weighted by atomic mass is 11.7. The maximum absolute atomic E-state index is 4.20. The van der Waals surface area contributed by atoms with Gasteiger partial charge < -0.3 is 0 Å². The molecular formula is C2H6O2S. The van der Waals surface area contributed by atoms with Gasteiger partial charge in [0.1, 0.15) is 5.94 Å². The maximum Gasteiger partial charge on any atom is 0.125 e. The summed E-state index contributed by atoms with van der Waals surface area (Å²) >= 11 is 3.65. The Kier molecular flexibility index (Phi) is 4.50. The average molecular weight is 94.1 g/mol. The van der Waals surface area contributed by atoms with Crippen molar-refractivity contribution in [3.63, 3.8) is 0 Å². The van der Waals surface area contributed by atoms with Gasteiger partial charge in [0.05, 0.1) is 7.11 Å². The summed E-state index contributed by atoms with van der Waals surface area (Å²) < 4.78 is 0. The zero-order chi connectivity index (χ0) is 4.12. The molecule has 0 saturated carbocycles. The van der Waals surface area contributed by atoms with Crippen LogP contribution in [0, 0.1) is 0 Å². The van der Waals surface area contributed by atoms with Crippen molar-refractivity contribution in [2.24, 2.45) is 0 Å². The van der Waals surface area contributed by atoms with Gasteiger partial charge in [-0.2, -0.15) is 0 Å². The first-order valence-corrected chi connectivity index (χ1v) is 1.81. The molecule has 0 saturated heterocycles. The van der Waals surface area contributed by atoms with Crippen molar-refractivity contribution in [3.8, 4) is 0 Å². The summed E-state index contributed by atoms with van der Waals surface area (Å²) in [4.78, 5) is 8.31. The maximum atomic E-state index is 4.20. The lowest BCUT2D eigenvalue weighted by Gasteiger charge is -1.85. The summed E-state index contributed by atoms with van der Waals surface area (Å²) in [6, 6.07) is 0. The van der Waals surface area contributed by atoms with Crippen molar-refractivity contribution in [3.05, 3.63) is 0 Å². The summed E-state index contributed by atoms with van der Waals surface area (Å²) in [7, 11) is 1.44. The van der Waals surface area contributed by atoms with Crippen LogP contribution in [0.5, 0.6) is 0 Å². The lowest BCUT2D eigenvalue weighted by Crippen LogP contribution is -1.80. The second kappa shape index (κ2) is 4.27. The summed E-state index contributed by atoms with van der Waals surface area (Å²) in [5.41, 5.74) is 0. The van der Waals surface area contributed by atoms with E-state index in [9.17, 15) is 0 Å². The topological polar surface area (TPSA) is 18.5 Å². The van der Waals surface area contributed by atoms with Crippen LogP contribution in [0.15, 0.2) is 0 Å². The molecule has 2 nitrogen and oxygen atoms in total. The third kappa shape index (κ3) is 4.27. The van der Waals surface area contributed by atoms with E-state index in [1.54, 1.807) is 0 Å². The Morgan fingerprint density at radius 2 is 2.40 bits per heavy atom. The number of thiol groups is 1. The molecule has 0 spiro atoms. The molecule has 0 aromatic heterocycles. The second-order valence-electron chi connectivity index (χ2n) is 0.414. The largest absolute Gasteiger partial charge is 0.239 e. The van der Waals surface area contributed by atoms with Crippen molar-refractivity contribution >= 4 is 12.6 Å². The molecular weight excluding hydrogens is 88.1 g/mol. The molecule has 0 aliphatic rings. The molecule has 0 heterocycles. The fourth-order valence-electron chi connectivity index (χ4n) is 0.0527. The predicted octanol–water partition coefficient (Wildman–Crippen LogP) is 0.452. The van der Waals surface area contributed by atoms with Gasteiger partial charge in [0.2, 0.25) is 0 Å². The first kappa shape index (κ1) is 5.27. The van der Waals surface area contributed by atoms with E-state index in [1.165, 1.54) is 7.11 Å². The predicted molar refractivity (Wildman–Crippen MR) is 21.9 cm³/mol. The Morgan fingerprint density at radius 1 is 1.80 bits per heavy atom. The van der Waals surface area contributed by atoms with E-state index < -0.39 is 0 Å². The molecule has 0 atom stereocenters. The van der Waals surface area contributed by atoms with E-state index >= 15 is 0 Å². The van der Waals surface area contributed by atoms with Crippen LogP contribution in [-0.2, 0) is 9.78 Å². The fraction of sp³-hybridized carbons (Fsp3) is 1.00. The van der Waals surface area contributed by atoms with Gasteiger partial charge in [-0.3, -0.25) is 0 Å². The van der Waals surface area contributed by atoms with Gasteiger partial charge in [-0.25, -0.2) is 9.78 Å². The molecule has 0 amide bonds. The van der Waals surface area contributed by atoms with E-state index in [1.807, 2.05) is 0 Å². The van der Waals surface area contributed by atoms with Crippen molar-refractivity contribution in [1.29, 1.82) is 0 Å². The molecule has 0 aliphatic carbocycles. The monoisotopic (exact) mass is 94.0 g/mol. The van der Waals surface area contributed by atoms with Gasteiger partial charge in [0.25, 0.3) is 0 Å². The summed E-state index contributed by atoms with van der Waals surface area (Å²) in [6.45, 7) is 0. The minimum atomic E-state index is 0.316. The zero-order valence-electron chi connectivity index (χ0n) is 2.97. The highest BCUT2D eigenvalue weighted by Crippen LogP contribution is 1.72. The molecule has 0 unspecified atom stereocenters. The summed E-state index contributed by atoms with van der Waals surface area (Å²) in [6.07, 6.45) is 0.